The van der Waals surface area contributed by atoms with Gasteiger partial charge in [0.1, 0.15) is 5.75 Å². The van der Waals surface area contributed by atoms with E-state index in [1.807, 2.05) is 26.0 Å². The molecule has 0 aliphatic rings. The highest BCUT2D eigenvalue weighted by Crippen LogP contribution is 2.28. The van der Waals surface area contributed by atoms with Crippen LogP contribution in [0.2, 0.25) is 0 Å². The van der Waals surface area contributed by atoms with Crippen molar-refractivity contribution < 1.29 is 14.3 Å². The van der Waals surface area contributed by atoms with E-state index in [1.165, 1.54) is 11.3 Å². The summed E-state index contributed by atoms with van der Waals surface area (Å²) in [7, 11) is 1.59. The molecule has 1 aromatic carbocycles. The van der Waals surface area contributed by atoms with Crippen molar-refractivity contribution in [3.05, 3.63) is 18.2 Å². The molecular formula is C15H20N4O3S. The summed E-state index contributed by atoms with van der Waals surface area (Å²) in [5.41, 5.74) is 6.49. The molecule has 0 bridgehead atoms. The van der Waals surface area contributed by atoms with Gasteiger partial charge in [-0.05, 0) is 24.1 Å². The Bertz CT molecular complexity index is 714. The van der Waals surface area contributed by atoms with E-state index in [1.54, 1.807) is 13.2 Å². The van der Waals surface area contributed by atoms with Crippen LogP contribution in [0.4, 0.5) is 5.13 Å². The lowest BCUT2D eigenvalue weighted by Crippen LogP contribution is -2.46. The van der Waals surface area contributed by atoms with Gasteiger partial charge in [0.2, 0.25) is 11.8 Å². The summed E-state index contributed by atoms with van der Waals surface area (Å²) in [6, 6.07) is 4.86. The molecule has 0 saturated carbocycles. The highest BCUT2D eigenvalue weighted by atomic mass is 32.1. The number of rotatable bonds is 6. The Hall–Kier alpha value is -2.19. The fourth-order valence-electron chi connectivity index (χ4n) is 1.84. The van der Waals surface area contributed by atoms with Crippen molar-refractivity contribution in [3.63, 3.8) is 0 Å². The van der Waals surface area contributed by atoms with Gasteiger partial charge in [-0.2, -0.15) is 0 Å². The van der Waals surface area contributed by atoms with E-state index < -0.39 is 6.04 Å². The number of thiazole rings is 1. The zero-order valence-electron chi connectivity index (χ0n) is 13.3. The van der Waals surface area contributed by atoms with E-state index in [9.17, 15) is 9.59 Å². The van der Waals surface area contributed by atoms with E-state index in [0.717, 1.165) is 16.0 Å². The number of anilines is 1. The van der Waals surface area contributed by atoms with Gasteiger partial charge in [0.25, 0.3) is 0 Å². The van der Waals surface area contributed by atoms with Gasteiger partial charge < -0.3 is 21.1 Å². The number of ether oxygens (including phenoxy) is 1. The SMILES string of the molecule is COc1ccc2nc(NC(=O)CNC(=O)[C@@H](N)C(C)C)sc2c1. The Morgan fingerprint density at radius 2 is 2.13 bits per heavy atom. The number of fused-ring (bicyclic) bond motifs is 1. The number of aromatic nitrogens is 1. The van der Waals surface area contributed by atoms with Gasteiger partial charge in [0.05, 0.1) is 29.9 Å². The van der Waals surface area contributed by atoms with Crippen molar-refractivity contribution in [3.8, 4) is 5.75 Å². The topological polar surface area (TPSA) is 106 Å². The molecule has 23 heavy (non-hydrogen) atoms. The molecule has 1 aromatic heterocycles. The molecule has 0 aliphatic carbocycles. The third-order valence-corrected chi connectivity index (χ3v) is 4.22. The number of carbonyl (C=O) groups is 2. The molecule has 0 aliphatic heterocycles. The molecule has 0 spiro atoms. The lowest BCUT2D eigenvalue weighted by atomic mass is 10.1. The molecule has 124 valence electrons. The van der Waals surface area contributed by atoms with Gasteiger partial charge in [0, 0.05) is 0 Å². The Morgan fingerprint density at radius 3 is 2.78 bits per heavy atom. The molecule has 2 amide bonds. The molecule has 2 aromatic rings. The van der Waals surface area contributed by atoms with Crippen molar-refractivity contribution in [2.24, 2.45) is 11.7 Å². The van der Waals surface area contributed by atoms with Gasteiger partial charge in [-0.3, -0.25) is 9.59 Å². The van der Waals surface area contributed by atoms with Crippen LogP contribution in [-0.4, -0.2) is 36.5 Å². The molecule has 7 nitrogen and oxygen atoms in total. The van der Waals surface area contributed by atoms with Crippen LogP contribution in [0.3, 0.4) is 0 Å². The first-order valence-electron chi connectivity index (χ1n) is 7.18. The van der Waals surface area contributed by atoms with E-state index in [2.05, 4.69) is 15.6 Å². The molecule has 0 fully saturated rings. The predicted molar refractivity (Wildman–Crippen MR) is 90.6 cm³/mol. The minimum Gasteiger partial charge on any atom is -0.497 e. The van der Waals surface area contributed by atoms with Crippen LogP contribution in [-0.2, 0) is 9.59 Å². The summed E-state index contributed by atoms with van der Waals surface area (Å²) >= 11 is 1.34. The molecular weight excluding hydrogens is 316 g/mol. The number of hydrogen-bond donors (Lipinski definition) is 3. The van der Waals surface area contributed by atoms with Gasteiger partial charge >= 0.3 is 0 Å². The maximum Gasteiger partial charge on any atom is 0.245 e. The predicted octanol–water partition coefficient (Wildman–Crippen LogP) is 1.34. The summed E-state index contributed by atoms with van der Waals surface area (Å²) in [6.07, 6.45) is 0. The molecule has 1 atom stereocenters. The van der Waals surface area contributed by atoms with Crippen LogP contribution in [0.15, 0.2) is 18.2 Å². The average Bonchev–Trinajstić information content (AvgIpc) is 2.92. The van der Waals surface area contributed by atoms with Crippen LogP contribution in [0.1, 0.15) is 13.8 Å². The number of methoxy groups -OCH3 is 1. The number of nitrogens with zero attached hydrogens (tertiary/aromatic N) is 1. The smallest absolute Gasteiger partial charge is 0.245 e. The second kappa shape index (κ2) is 7.38. The Morgan fingerprint density at radius 1 is 1.39 bits per heavy atom. The van der Waals surface area contributed by atoms with E-state index in [4.69, 9.17) is 10.5 Å². The van der Waals surface area contributed by atoms with Crippen LogP contribution in [0, 0.1) is 5.92 Å². The number of nitrogens with two attached hydrogens (primary N) is 1. The minimum absolute atomic E-state index is 0.0114. The average molecular weight is 336 g/mol. The second-order valence-corrected chi connectivity index (χ2v) is 6.42. The first-order valence-corrected chi connectivity index (χ1v) is 8.00. The van der Waals surface area contributed by atoms with E-state index >= 15 is 0 Å². The van der Waals surface area contributed by atoms with Crippen molar-refractivity contribution in [2.45, 2.75) is 19.9 Å². The van der Waals surface area contributed by atoms with Crippen LogP contribution >= 0.6 is 11.3 Å². The van der Waals surface area contributed by atoms with Crippen molar-refractivity contribution in [1.29, 1.82) is 0 Å². The van der Waals surface area contributed by atoms with Crippen LogP contribution in [0.25, 0.3) is 10.2 Å². The normalized spacial score (nSPS) is 12.2. The van der Waals surface area contributed by atoms with Gasteiger partial charge in [-0.1, -0.05) is 25.2 Å². The number of benzene rings is 1. The Labute approximate surface area is 138 Å². The third kappa shape index (κ3) is 4.40. The van der Waals surface area contributed by atoms with Crippen molar-refractivity contribution in [1.82, 2.24) is 10.3 Å². The molecule has 0 unspecified atom stereocenters. The monoisotopic (exact) mass is 336 g/mol. The van der Waals surface area contributed by atoms with Crippen molar-refractivity contribution in [2.75, 3.05) is 19.0 Å². The molecule has 1 heterocycles. The highest BCUT2D eigenvalue weighted by molar-refractivity contribution is 7.22. The van der Waals surface area contributed by atoms with Gasteiger partial charge in [0.15, 0.2) is 5.13 Å². The molecule has 0 radical (unpaired) electrons. The lowest BCUT2D eigenvalue weighted by Gasteiger charge is -2.14. The fourth-order valence-corrected chi connectivity index (χ4v) is 2.75. The number of nitrogens with one attached hydrogen (secondary N) is 2. The Balaban J connectivity index is 1.94. The zero-order chi connectivity index (χ0) is 17.0. The molecule has 4 N–H and O–H groups in total. The summed E-state index contributed by atoms with van der Waals surface area (Å²) in [6.45, 7) is 3.55. The maximum absolute atomic E-state index is 11.9. The largest absolute Gasteiger partial charge is 0.497 e. The molecule has 2 rings (SSSR count). The van der Waals surface area contributed by atoms with Crippen molar-refractivity contribution >= 4 is 38.5 Å². The summed E-state index contributed by atoms with van der Waals surface area (Å²) in [5, 5.41) is 5.65. The van der Waals surface area contributed by atoms with Gasteiger partial charge in [-0.25, -0.2) is 4.98 Å². The third-order valence-electron chi connectivity index (χ3n) is 3.29. The van der Waals surface area contributed by atoms with Crippen LogP contribution < -0.4 is 21.1 Å². The standard InChI is InChI=1S/C15H20N4O3S/c1-8(2)13(16)14(21)17-7-12(20)19-15-18-10-5-4-9(22-3)6-11(10)23-15/h4-6,8,13H,7,16H2,1-3H3,(H,17,21)(H,18,19,20)/t13-/m0/s1. The molecule has 0 saturated heterocycles. The number of carbonyl (C=O) groups excluding carboxylic acids is 2. The second-order valence-electron chi connectivity index (χ2n) is 5.39. The summed E-state index contributed by atoms with van der Waals surface area (Å²) < 4.78 is 6.06. The molecule has 8 heteroatoms. The summed E-state index contributed by atoms with van der Waals surface area (Å²) in [5.74, 6) is 0.0516. The Kier molecular flexibility index (Phi) is 5.51. The first kappa shape index (κ1) is 17.2. The first-order chi connectivity index (χ1) is 10.9. The zero-order valence-corrected chi connectivity index (χ0v) is 14.1. The number of amides is 2. The lowest BCUT2D eigenvalue weighted by molar-refractivity contribution is -0.125. The quantitative estimate of drug-likeness (QED) is 0.738. The summed E-state index contributed by atoms with van der Waals surface area (Å²) in [4.78, 5) is 27.9. The van der Waals surface area contributed by atoms with E-state index in [0.29, 0.717) is 5.13 Å². The minimum atomic E-state index is -0.627. The highest BCUT2D eigenvalue weighted by Gasteiger charge is 2.18. The number of hydrogen-bond acceptors (Lipinski definition) is 6. The maximum atomic E-state index is 11.9. The van der Waals surface area contributed by atoms with E-state index in [-0.39, 0.29) is 24.3 Å². The van der Waals surface area contributed by atoms with Gasteiger partial charge in [-0.15, -0.1) is 0 Å². The fraction of sp³-hybridized carbons (Fsp3) is 0.400. The van der Waals surface area contributed by atoms with Crippen LogP contribution in [0.5, 0.6) is 5.75 Å².